The minimum absolute atomic E-state index is 0.0901. The molecule has 1 aliphatic rings. The molecule has 164 valence electrons. The minimum Gasteiger partial charge on any atom is -0.310 e. The number of benzene rings is 1. The van der Waals surface area contributed by atoms with Gasteiger partial charge in [0.25, 0.3) is 0 Å². The van der Waals surface area contributed by atoms with Crippen molar-refractivity contribution in [1.29, 1.82) is 0 Å². The summed E-state index contributed by atoms with van der Waals surface area (Å²) in [4.78, 5) is 12.9. The van der Waals surface area contributed by atoms with Gasteiger partial charge in [-0.1, -0.05) is 48.3 Å². The molecule has 9 heteroatoms. The number of carbonyl (C=O) groups excluding carboxylic acids is 1. The summed E-state index contributed by atoms with van der Waals surface area (Å²) in [5.74, 6) is 1.37. The number of halogens is 1. The maximum Gasteiger partial charge on any atom is 0.238 e. The highest BCUT2D eigenvalue weighted by molar-refractivity contribution is 8.00. The summed E-state index contributed by atoms with van der Waals surface area (Å²) in [7, 11) is 0. The maximum absolute atomic E-state index is 12.9. The van der Waals surface area contributed by atoms with Crippen molar-refractivity contribution in [2.75, 3.05) is 5.32 Å². The van der Waals surface area contributed by atoms with E-state index in [0.717, 1.165) is 29.4 Å². The van der Waals surface area contributed by atoms with Crippen molar-refractivity contribution >= 4 is 35.1 Å². The number of anilines is 1. The zero-order valence-electron chi connectivity index (χ0n) is 18.0. The van der Waals surface area contributed by atoms with E-state index in [1.54, 1.807) is 10.9 Å². The largest absolute Gasteiger partial charge is 0.310 e. The van der Waals surface area contributed by atoms with E-state index in [2.05, 4.69) is 25.2 Å². The van der Waals surface area contributed by atoms with Gasteiger partial charge in [0.1, 0.15) is 5.82 Å². The van der Waals surface area contributed by atoms with E-state index in [4.69, 9.17) is 11.6 Å². The molecule has 2 aromatic heterocycles. The summed E-state index contributed by atoms with van der Waals surface area (Å²) in [5, 5.41) is 17.3. The fourth-order valence-corrected chi connectivity index (χ4v) is 5.08. The van der Waals surface area contributed by atoms with E-state index in [0.29, 0.717) is 16.9 Å². The van der Waals surface area contributed by atoms with Gasteiger partial charge in [-0.2, -0.15) is 5.10 Å². The van der Waals surface area contributed by atoms with Gasteiger partial charge in [0.2, 0.25) is 5.91 Å². The predicted molar refractivity (Wildman–Crippen MR) is 125 cm³/mol. The van der Waals surface area contributed by atoms with Gasteiger partial charge in [0.15, 0.2) is 11.0 Å². The van der Waals surface area contributed by atoms with Crippen molar-refractivity contribution in [2.24, 2.45) is 0 Å². The van der Waals surface area contributed by atoms with Crippen LogP contribution in [0.4, 0.5) is 5.82 Å². The summed E-state index contributed by atoms with van der Waals surface area (Å²) < 4.78 is 3.98. The van der Waals surface area contributed by atoms with E-state index in [1.165, 1.54) is 24.6 Å². The van der Waals surface area contributed by atoms with Crippen LogP contribution < -0.4 is 5.32 Å². The summed E-state index contributed by atoms with van der Waals surface area (Å²) in [6, 6.07) is 9.99. The number of carbonyl (C=O) groups is 1. The van der Waals surface area contributed by atoms with Crippen LogP contribution in [0, 0.1) is 0 Å². The Morgan fingerprint density at radius 3 is 2.61 bits per heavy atom. The van der Waals surface area contributed by atoms with Gasteiger partial charge in [-0.3, -0.25) is 9.36 Å². The average Bonchev–Trinajstić information content (AvgIpc) is 3.48. The second-order valence-electron chi connectivity index (χ2n) is 8.10. The summed E-state index contributed by atoms with van der Waals surface area (Å²) in [5.41, 5.74) is 0.869. The molecule has 0 radical (unpaired) electrons. The normalized spacial score (nSPS) is 15.5. The average molecular weight is 459 g/mol. The van der Waals surface area contributed by atoms with E-state index < -0.39 is 0 Å². The standard InChI is InChI=1S/C22H27ClN6OS/c1-14(2)29-19(12-13-24-29)25-21(30)15(3)31-22-27-26-20(17-10-6-7-11-18(17)23)28(22)16-8-4-5-9-16/h6-7,10-16H,4-5,8-9H2,1-3H3,(H,25,30)/t15-/m0/s1. The molecule has 0 unspecified atom stereocenters. The van der Waals surface area contributed by atoms with Crippen LogP contribution in [0.15, 0.2) is 41.7 Å². The van der Waals surface area contributed by atoms with Crippen molar-refractivity contribution in [3.8, 4) is 11.4 Å². The Morgan fingerprint density at radius 1 is 1.16 bits per heavy atom. The number of thioether (sulfide) groups is 1. The second-order valence-corrected chi connectivity index (χ2v) is 9.81. The van der Waals surface area contributed by atoms with Crippen LogP contribution in [0.1, 0.15) is 58.5 Å². The van der Waals surface area contributed by atoms with E-state index >= 15 is 0 Å². The Morgan fingerprint density at radius 2 is 1.90 bits per heavy atom. The van der Waals surface area contributed by atoms with Gasteiger partial charge in [0, 0.05) is 23.7 Å². The highest BCUT2D eigenvalue weighted by Crippen LogP contribution is 2.39. The van der Waals surface area contributed by atoms with Crippen molar-refractivity contribution in [1.82, 2.24) is 24.5 Å². The Bertz CT molecular complexity index is 1060. The molecule has 1 amide bonds. The SMILES string of the molecule is CC(C)n1nccc1NC(=O)[C@H](C)Sc1nnc(-c2ccccc2Cl)n1C1CCCC1. The molecule has 1 N–H and O–H groups in total. The monoisotopic (exact) mass is 458 g/mol. The molecule has 2 heterocycles. The lowest BCUT2D eigenvalue weighted by Gasteiger charge is -2.19. The van der Waals surface area contributed by atoms with Crippen LogP contribution in [0.3, 0.4) is 0 Å². The third-order valence-corrected chi connectivity index (χ3v) is 6.92. The van der Waals surface area contributed by atoms with Crippen molar-refractivity contribution in [2.45, 2.75) is 68.9 Å². The Labute approximate surface area is 191 Å². The lowest BCUT2D eigenvalue weighted by Crippen LogP contribution is -2.25. The molecular formula is C22H27ClN6OS. The third kappa shape index (κ3) is 4.65. The Kier molecular flexibility index (Phi) is 6.67. The molecule has 1 atom stereocenters. The second kappa shape index (κ2) is 9.44. The molecule has 3 aromatic rings. The fourth-order valence-electron chi connectivity index (χ4n) is 3.94. The van der Waals surface area contributed by atoms with Crippen LogP contribution in [0.5, 0.6) is 0 Å². The lowest BCUT2D eigenvalue weighted by atomic mass is 10.2. The molecule has 1 aliphatic carbocycles. The number of nitrogens with zero attached hydrogens (tertiary/aromatic N) is 5. The first-order valence-electron chi connectivity index (χ1n) is 10.7. The highest BCUT2D eigenvalue weighted by atomic mass is 35.5. The first-order chi connectivity index (χ1) is 15.0. The van der Waals surface area contributed by atoms with Crippen LogP contribution >= 0.6 is 23.4 Å². The molecule has 0 spiro atoms. The van der Waals surface area contributed by atoms with Crippen molar-refractivity contribution in [3.63, 3.8) is 0 Å². The van der Waals surface area contributed by atoms with E-state index in [-0.39, 0.29) is 17.2 Å². The zero-order valence-corrected chi connectivity index (χ0v) is 19.5. The van der Waals surface area contributed by atoms with Crippen molar-refractivity contribution < 1.29 is 4.79 Å². The summed E-state index contributed by atoms with van der Waals surface area (Å²) in [6.45, 7) is 5.95. The van der Waals surface area contributed by atoms with Crippen LogP contribution in [-0.4, -0.2) is 35.7 Å². The molecule has 0 saturated heterocycles. The first kappa shape index (κ1) is 21.9. The predicted octanol–water partition coefficient (Wildman–Crippen LogP) is 5.61. The van der Waals surface area contributed by atoms with Crippen molar-refractivity contribution in [3.05, 3.63) is 41.6 Å². The highest BCUT2D eigenvalue weighted by Gasteiger charge is 2.28. The molecule has 0 bridgehead atoms. The minimum atomic E-state index is -0.348. The number of nitrogens with one attached hydrogen (secondary N) is 1. The van der Waals surface area contributed by atoms with Gasteiger partial charge in [-0.25, -0.2) is 4.68 Å². The lowest BCUT2D eigenvalue weighted by molar-refractivity contribution is -0.115. The van der Waals surface area contributed by atoms with Crippen LogP contribution in [-0.2, 0) is 4.79 Å². The van der Waals surface area contributed by atoms with Gasteiger partial charge >= 0.3 is 0 Å². The van der Waals surface area contributed by atoms with Crippen LogP contribution in [0.2, 0.25) is 5.02 Å². The maximum atomic E-state index is 12.9. The third-order valence-electron chi connectivity index (χ3n) is 5.53. The first-order valence-corrected chi connectivity index (χ1v) is 11.9. The number of hydrogen-bond acceptors (Lipinski definition) is 5. The van der Waals surface area contributed by atoms with Gasteiger partial charge in [-0.15, -0.1) is 10.2 Å². The van der Waals surface area contributed by atoms with E-state index in [1.807, 2.05) is 51.1 Å². The molecule has 7 nitrogen and oxygen atoms in total. The molecule has 0 aliphatic heterocycles. The number of aromatic nitrogens is 5. The van der Waals surface area contributed by atoms with E-state index in [9.17, 15) is 4.79 Å². The van der Waals surface area contributed by atoms with Gasteiger partial charge in [-0.05, 0) is 45.7 Å². The Balaban J connectivity index is 1.58. The molecule has 4 rings (SSSR count). The quantitative estimate of drug-likeness (QED) is 0.465. The molecule has 1 fully saturated rings. The molecular weight excluding hydrogens is 432 g/mol. The molecule has 1 aromatic carbocycles. The summed E-state index contributed by atoms with van der Waals surface area (Å²) >= 11 is 7.89. The van der Waals surface area contributed by atoms with Crippen LogP contribution in [0.25, 0.3) is 11.4 Å². The smallest absolute Gasteiger partial charge is 0.238 e. The van der Waals surface area contributed by atoms with Gasteiger partial charge in [0.05, 0.1) is 16.5 Å². The fraction of sp³-hybridized carbons (Fsp3) is 0.455. The number of hydrogen-bond donors (Lipinski definition) is 1. The number of rotatable bonds is 7. The topological polar surface area (TPSA) is 77.6 Å². The Hall–Kier alpha value is -2.32. The zero-order chi connectivity index (χ0) is 22.0. The number of amides is 1. The molecule has 1 saturated carbocycles. The van der Waals surface area contributed by atoms with Gasteiger partial charge < -0.3 is 5.32 Å². The molecule has 31 heavy (non-hydrogen) atoms. The summed E-state index contributed by atoms with van der Waals surface area (Å²) in [6.07, 6.45) is 6.22.